The smallest absolute Gasteiger partial charge is 0.146 e. The molecule has 0 bridgehead atoms. The van der Waals surface area contributed by atoms with E-state index in [9.17, 15) is 9.59 Å². The Kier molecular flexibility index (Phi) is 3.46. The highest BCUT2D eigenvalue weighted by molar-refractivity contribution is 6.03. The lowest BCUT2D eigenvalue weighted by atomic mass is 9.71. The van der Waals surface area contributed by atoms with Crippen LogP contribution in [0.1, 0.15) is 40.5 Å². The molecule has 0 aliphatic heterocycles. The van der Waals surface area contributed by atoms with E-state index in [1.54, 1.807) is 0 Å². The Morgan fingerprint density at radius 3 is 2.36 bits per heavy atom. The first kappa shape index (κ1) is 11.4. The predicted molar refractivity (Wildman–Crippen MR) is 55.9 cm³/mol. The fraction of sp³-hybridized carbons (Fsp3) is 0.833. The number of hydrogen-bond donors (Lipinski definition) is 0. The van der Waals surface area contributed by atoms with E-state index in [0.29, 0.717) is 12.3 Å². The Morgan fingerprint density at radius 2 is 1.93 bits per heavy atom. The summed E-state index contributed by atoms with van der Waals surface area (Å²) >= 11 is 0. The van der Waals surface area contributed by atoms with Crippen LogP contribution in [0.3, 0.4) is 0 Å². The average molecular weight is 196 g/mol. The molecule has 14 heavy (non-hydrogen) atoms. The van der Waals surface area contributed by atoms with E-state index in [2.05, 4.69) is 6.92 Å². The van der Waals surface area contributed by atoms with E-state index in [1.807, 2.05) is 20.8 Å². The molecular weight excluding hydrogens is 176 g/mol. The normalized spacial score (nSPS) is 33.5. The van der Waals surface area contributed by atoms with Crippen LogP contribution in [0.2, 0.25) is 0 Å². The minimum atomic E-state index is -0.314. The number of carbonyl (C=O) groups is 2. The third kappa shape index (κ3) is 2.23. The first-order valence-electron chi connectivity index (χ1n) is 5.50. The molecule has 0 saturated heterocycles. The van der Waals surface area contributed by atoms with Crippen LogP contribution in [0.5, 0.6) is 0 Å². The lowest BCUT2D eigenvalue weighted by Gasteiger charge is -2.31. The van der Waals surface area contributed by atoms with Gasteiger partial charge in [0.05, 0.1) is 5.92 Å². The molecule has 1 aliphatic carbocycles. The fourth-order valence-electron chi connectivity index (χ4n) is 2.44. The minimum absolute atomic E-state index is 0.0141. The first-order chi connectivity index (χ1) is 6.43. The van der Waals surface area contributed by atoms with Gasteiger partial charge in [-0.2, -0.15) is 0 Å². The van der Waals surface area contributed by atoms with Crippen LogP contribution in [0, 0.1) is 23.7 Å². The zero-order valence-corrected chi connectivity index (χ0v) is 9.54. The minimum Gasteiger partial charge on any atom is -0.299 e. The Balaban J connectivity index is 2.77. The fourth-order valence-corrected chi connectivity index (χ4v) is 2.44. The summed E-state index contributed by atoms with van der Waals surface area (Å²) in [7, 11) is 0. The van der Waals surface area contributed by atoms with Crippen molar-refractivity contribution in [3.05, 3.63) is 0 Å². The average Bonchev–Trinajstić information content (AvgIpc) is 2.01. The van der Waals surface area contributed by atoms with Crippen molar-refractivity contribution in [1.82, 2.24) is 0 Å². The summed E-state index contributed by atoms with van der Waals surface area (Å²) in [6.07, 6.45) is 1.60. The summed E-state index contributed by atoms with van der Waals surface area (Å²) in [6.45, 7) is 7.86. The topological polar surface area (TPSA) is 34.1 Å². The van der Waals surface area contributed by atoms with Crippen molar-refractivity contribution in [3.63, 3.8) is 0 Å². The molecule has 2 nitrogen and oxygen atoms in total. The molecule has 0 amide bonds. The highest BCUT2D eigenvalue weighted by atomic mass is 16.2. The van der Waals surface area contributed by atoms with Gasteiger partial charge in [-0.1, -0.05) is 27.7 Å². The Labute approximate surface area is 86.1 Å². The van der Waals surface area contributed by atoms with Crippen LogP contribution in [0.15, 0.2) is 0 Å². The molecule has 1 rings (SSSR count). The van der Waals surface area contributed by atoms with Crippen LogP contribution in [-0.4, -0.2) is 11.6 Å². The molecule has 0 aromatic heterocycles. The molecule has 0 radical (unpaired) electrons. The molecule has 1 saturated carbocycles. The molecule has 0 N–H and O–H groups in total. The number of rotatable bonds is 2. The molecule has 0 aromatic carbocycles. The number of ketones is 2. The van der Waals surface area contributed by atoms with Crippen LogP contribution >= 0.6 is 0 Å². The lowest BCUT2D eigenvalue weighted by molar-refractivity contribution is -0.139. The first-order valence-corrected chi connectivity index (χ1v) is 5.50. The largest absolute Gasteiger partial charge is 0.299 e. The van der Waals surface area contributed by atoms with Crippen molar-refractivity contribution in [2.24, 2.45) is 23.7 Å². The van der Waals surface area contributed by atoms with Crippen molar-refractivity contribution in [3.8, 4) is 0 Å². The summed E-state index contributed by atoms with van der Waals surface area (Å²) in [5, 5.41) is 0. The monoisotopic (exact) mass is 196 g/mol. The molecule has 3 unspecified atom stereocenters. The van der Waals surface area contributed by atoms with Gasteiger partial charge in [-0.25, -0.2) is 0 Å². The van der Waals surface area contributed by atoms with E-state index < -0.39 is 0 Å². The SMILES string of the molecule is CC1CC(=O)C(C(=O)C(C)C)C(C)C1. The third-order valence-corrected chi connectivity index (χ3v) is 3.12. The lowest BCUT2D eigenvalue weighted by Crippen LogP contribution is -2.38. The molecule has 80 valence electrons. The van der Waals surface area contributed by atoms with Crippen LogP contribution in [0.25, 0.3) is 0 Å². The van der Waals surface area contributed by atoms with E-state index in [1.165, 1.54) is 0 Å². The summed E-state index contributed by atoms with van der Waals surface area (Å²) in [5.74, 6) is 0.658. The highest BCUT2D eigenvalue weighted by Gasteiger charge is 2.37. The van der Waals surface area contributed by atoms with Crippen molar-refractivity contribution >= 4 is 11.6 Å². The highest BCUT2D eigenvalue weighted by Crippen LogP contribution is 2.32. The second kappa shape index (κ2) is 4.24. The van der Waals surface area contributed by atoms with Crippen LogP contribution in [0.4, 0.5) is 0 Å². The second-order valence-corrected chi connectivity index (χ2v) is 5.02. The van der Waals surface area contributed by atoms with E-state index >= 15 is 0 Å². The Morgan fingerprint density at radius 1 is 1.36 bits per heavy atom. The van der Waals surface area contributed by atoms with Gasteiger partial charge in [-0.3, -0.25) is 9.59 Å². The maximum atomic E-state index is 11.8. The Hall–Kier alpha value is -0.660. The van der Waals surface area contributed by atoms with E-state index in [-0.39, 0.29) is 29.3 Å². The summed E-state index contributed by atoms with van der Waals surface area (Å²) in [4.78, 5) is 23.5. The molecule has 1 aliphatic rings. The molecule has 2 heteroatoms. The van der Waals surface area contributed by atoms with Gasteiger partial charge in [0.15, 0.2) is 0 Å². The van der Waals surface area contributed by atoms with Gasteiger partial charge in [0, 0.05) is 12.3 Å². The summed E-state index contributed by atoms with van der Waals surface area (Å²) in [6, 6.07) is 0. The summed E-state index contributed by atoms with van der Waals surface area (Å²) in [5.41, 5.74) is 0. The van der Waals surface area contributed by atoms with Crippen molar-refractivity contribution in [2.45, 2.75) is 40.5 Å². The molecule has 0 heterocycles. The predicted octanol–water partition coefficient (Wildman–Crippen LogP) is 2.46. The van der Waals surface area contributed by atoms with E-state index in [4.69, 9.17) is 0 Å². The Bertz CT molecular complexity index is 243. The van der Waals surface area contributed by atoms with Crippen LogP contribution < -0.4 is 0 Å². The van der Waals surface area contributed by atoms with Gasteiger partial charge in [0.1, 0.15) is 11.6 Å². The number of Topliss-reactive ketones (excluding diaryl/α,β-unsaturated/α-hetero) is 2. The number of carbonyl (C=O) groups excluding carboxylic acids is 2. The maximum Gasteiger partial charge on any atom is 0.146 e. The standard InChI is InChI=1S/C12H20O2/c1-7(2)12(14)11-9(4)5-8(3)6-10(11)13/h7-9,11H,5-6H2,1-4H3. The van der Waals surface area contributed by atoms with Gasteiger partial charge >= 0.3 is 0 Å². The van der Waals surface area contributed by atoms with Crippen LogP contribution in [-0.2, 0) is 9.59 Å². The molecular formula is C12H20O2. The van der Waals surface area contributed by atoms with Gasteiger partial charge in [0.2, 0.25) is 0 Å². The summed E-state index contributed by atoms with van der Waals surface area (Å²) < 4.78 is 0. The molecule has 3 atom stereocenters. The molecule has 0 aromatic rings. The van der Waals surface area contributed by atoms with Crippen molar-refractivity contribution in [1.29, 1.82) is 0 Å². The number of hydrogen-bond acceptors (Lipinski definition) is 2. The zero-order valence-electron chi connectivity index (χ0n) is 9.54. The second-order valence-electron chi connectivity index (χ2n) is 5.02. The van der Waals surface area contributed by atoms with Crippen molar-refractivity contribution in [2.75, 3.05) is 0 Å². The van der Waals surface area contributed by atoms with E-state index in [0.717, 1.165) is 6.42 Å². The van der Waals surface area contributed by atoms with Gasteiger partial charge in [-0.05, 0) is 18.3 Å². The van der Waals surface area contributed by atoms with Gasteiger partial charge in [-0.15, -0.1) is 0 Å². The molecule has 0 spiro atoms. The zero-order chi connectivity index (χ0) is 10.9. The van der Waals surface area contributed by atoms with Gasteiger partial charge < -0.3 is 0 Å². The third-order valence-electron chi connectivity index (χ3n) is 3.12. The van der Waals surface area contributed by atoms with Gasteiger partial charge in [0.25, 0.3) is 0 Å². The molecule has 1 fully saturated rings. The quantitative estimate of drug-likeness (QED) is 0.636. The van der Waals surface area contributed by atoms with Crippen molar-refractivity contribution < 1.29 is 9.59 Å². The maximum absolute atomic E-state index is 11.8.